The Hall–Kier alpha value is -1.52. The molecule has 1 rings (SSSR count). The average Bonchev–Trinajstić information content (AvgIpc) is 2.17. The molecule has 0 aliphatic rings. The molecular weight excluding hydrogens is 209 g/mol. The summed E-state index contributed by atoms with van der Waals surface area (Å²) in [5.41, 5.74) is 0.318. The minimum atomic E-state index is -4.76. The Morgan fingerprint density at radius 2 is 1.80 bits per heavy atom. The lowest BCUT2D eigenvalue weighted by Gasteiger charge is -2.05. The van der Waals surface area contributed by atoms with Gasteiger partial charge in [-0.2, -0.15) is 13.2 Å². The van der Waals surface area contributed by atoms with Gasteiger partial charge in [0.15, 0.2) is 0 Å². The molecule has 0 bridgehead atoms. The summed E-state index contributed by atoms with van der Waals surface area (Å²) in [5.74, 6) is -1.20. The summed E-state index contributed by atoms with van der Waals surface area (Å²) in [7, 11) is 1.45. The molecule has 0 N–H and O–H groups in total. The largest absolute Gasteiger partial charge is 0.497 e. The third-order valence-electron chi connectivity index (χ3n) is 1.84. The Labute approximate surface area is 84.7 Å². The van der Waals surface area contributed by atoms with Crippen molar-refractivity contribution in [1.29, 1.82) is 0 Å². The molecule has 1 aromatic rings. The molecule has 0 aliphatic heterocycles. The zero-order valence-corrected chi connectivity index (χ0v) is 7.97. The number of carbonyl (C=O) groups is 1. The number of methoxy groups -OCH3 is 1. The average molecular weight is 218 g/mol. The highest BCUT2D eigenvalue weighted by Crippen LogP contribution is 2.19. The van der Waals surface area contributed by atoms with E-state index in [1.54, 1.807) is 0 Å². The fourth-order valence-corrected chi connectivity index (χ4v) is 1.03. The van der Waals surface area contributed by atoms with Crippen LogP contribution >= 0.6 is 0 Å². The maximum absolute atomic E-state index is 11.9. The van der Waals surface area contributed by atoms with Crippen molar-refractivity contribution in [3.63, 3.8) is 0 Å². The molecule has 0 heterocycles. The second kappa shape index (κ2) is 4.33. The second-order valence-electron chi connectivity index (χ2n) is 2.95. The van der Waals surface area contributed by atoms with Crippen molar-refractivity contribution in [1.82, 2.24) is 0 Å². The van der Waals surface area contributed by atoms with E-state index >= 15 is 0 Å². The van der Waals surface area contributed by atoms with E-state index < -0.39 is 18.4 Å². The summed E-state index contributed by atoms with van der Waals surface area (Å²) < 4.78 is 40.6. The monoisotopic (exact) mass is 218 g/mol. The van der Waals surface area contributed by atoms with Crippen LogP contribution < -0.4 is 4.74 Å². The number of hydrogen-bond acceptors (Lipinski definition) is 2. The molecule has 82 valence electrons. The predicted molar refractivity (Wildman–Crippen MR) is 47.8 cm³/mol. The van der Waals surface area contributed by atoms with E-state index in [9.17, 15) is 18.0 Å². The van der Waals surface area contributed by atoms with E-state index in [0.717, 1.165) is 0 Å². The van der Waals surface area contributed by atoms with Crippen LogP contribution in [-0.2, 0) is 11.2 Å². The molecule has 5 heteroatoms. The van der Waals surface area contributed by atoms with Gasteiger partial charge in [-0.05, 0) is 17.7 Å². The first kappa shape index (κ1) is 11.6. The first-order chi connectivity index (χ1) is 6.93. The van der Waals surface area contributed by atoms with Crippen LogP contribution in [0, 0.1) is 0 Å². The highest BCUT2D eigenvalue weighted by molar-refractivity contribution is 5.86. The molecule has 0 aromatic heterocycles. The van der Waals surface area contributed by atoms with Gasteiger partial charge in [-0.3, -0.25) is 4.79 Å². The van der Waals surface area contributed by atoms with Gasteiger partial charge in [-0.15, -0.1) is 0 Å². The third-order valence-corrected chi connectivity index (χ3v) is 1.84. The second-order valence-corrected chi connectivity index (χ2v) is 2.95. The molecule has 0 saturated heterocycles. The van der Waals surface area contributed by atoms with Crippen molar-refractivity contribution in [2.45, 2.75) is 12.6 Å². The van der Waals surface area contributed by atoms with Gasteiger partial charge >= 0.3 is 6.18 Å². The molecule has 0 amide bonds. The Morgan fingerprint density at radius 1 is 1.27 bits per heavy atom. The number of ether oxygens (including phenoxy) is 1. The number of hydrogen-bond donors (Lipinski definition) is 0. The number of ketones is 1. The van der Waals surface area contributed by atoms with Crippen LogP contribution in [0.1, 0.15) is 5.56 Å². The van der Waals surface area contributed by atoms with Crippen LogP contribution in [0.3, 0.4) is 0 Å². The lowest BCUT2D eigenvalue weighted by molar-refractivity contribution is -0.170. The fourth-order valence-electron chi connectivity index (χ4n) is 1.03. The summed E-state index contributed by atoms with van der Waals surface area (Å²) in [6, 6.07) is 5.89. The highest BCUT2D eigenvalue weighted by atomic mass is 19.4. The Kier molecular flexibility index (Phi) is 3.34. The molecule has 15 heavy (non-hydrogen) atoms. The van der Waals surface area contributed by atoms with E-state index in [1.165, 1.54) is 31.4 Å². The Morgan fingerprint density at radius 3 is 2.20 bits per heavy atom. The summed E-state index contributed by atoms with van der Waals surface area (Å²) in [5, 5.41) is 0. The van der Waals surface area contributed by atoms with E-state index in [0.29, 0.717) is 11.3 Å². The topological polar surface area (TPSA) is 26.3 Å². The van der Waals surface area contributed by atoms with Gasteiger partial charge in [0.25, 0.3) is 0 Å². The standard InChI is InChI=1S/C10H9F3O2/c1-15-8-4-2-7(3-5-8)6-9(14)10(11,12)13/h2-5H,6H2,1H3. The molecule has 0 aliphatic carbocycles. The van der Waals surface area contributed by atoms with Crippen molar-refractivity contribution in [3.05, 3.63) is 29.8 Å². The fraction of sp³-hybridized carbons (Fsp3) is 0.300. The van der Waals surface area contributed by atoms with Gasteiger partial charge in [0, 0.05) is 6.42 Å². The van der Waals surface area contributed by atoms with E-state index in [2.05, 4.69) is 0 Å². The van der Waals surface area contributed by atoms with Crippen LogP contribution in [0.2, 0.25) is 0 Å². The number of alkyl halides is 3. The van der Waals surface area contributed by atoms with Crippen molar-refractivity contribution < 1.29 is 22.7 Å². The minimum absolute atomic E-state index is 0.318. The van der Waals surface area contributed by atoms with Gasteiger partial charge < -0.3 is 4.74 Å². The quantitative estimate of drug-likeness (QED) is 0.778. The maximum atomic E-state index is 11.9. The lowest BCUT2D eigenvalue weighted by Crippen LogP contribution is -2.24. The number of carbonyl (C=O) groups excluding carboxylic acids is 1. The van der Waals surface area contributed by atoms with Crippen LogP contribution in [-0.4, -0.2) is 19.1 Å². The number of benzene rings is 1. The predicted octanol–water partition coefficient (Wildman–Crippen LogP) is 2.37. The molecule has 0 atom stereocenters. The Balaban J connectivity index is 2.70. The molecule has 0 radical (unpaired) electrons. The normalized spacial score (nSPS) is 11.2. The summed E-state index contributed by atoms with van der Waals surface area (Å²) >= 11 is 0. The van der Waals surface area contributed by atoms with Gasteiger partial charge in [0.05, 0.1) is 7.11 Å². The van der Waals surface area contributed by atoms with Crippen LogP contribution in [0.15, 0.2) is 24.3 Å². The first-order valence-electron chi connectivity index (χ1n) is 4.16. The van der Waals surface area contributed by atoms with E-state index in [4.69, 9.17) is 4.74 Å². The molecule has 0 spiro atoms. The lowest BCUT2D eigenvalue weighted by atomic mass is 10.1. The summed E-state index contributed by atoms with van der Waals surface area (Å²) in [6.07, 6.45) is -5.40. The van der Waals surface area contributed by atoms with Crippen molar-refractivity contribution in [2.24, 2.45) is 0 Å². The van der Waals surface area contributed by atoms with Crippen LogP contribution in [0.25, 0.3) is 0 Å². The van der Waals surface area contributed by atoms with Gasteiger partial charge in [0.2, 0.25) is 5.78 Å². The maximum Gasteiger partial charge on any atom is 0.450 e. The number of Topliss-reactive ketones (excluding diaryl/α,β-unsaturated/α-hetero) is 1. The minimum Gasteiger partial charge on any atom is -0.497 e. The first-order valence-corrected chi connectivity index (χ1v) is 4.16. The molecular formula is C10H9F3O2. The van der Waals surface area contributed by atoms with E-state index in [-0.39, 0.29) is 0 Å². The zero-order valence-electron chi connectivity index (χ0n) is 7.97. The van der Waals surface area contributed by atoms with Gasteiger partial charge in [0.1, 0.15) is 5.75 Å². The van der Waals surface area contributed by atoms with Crippen molar-refractivity contribution >= 4 is 5.78 Å². The molecule has 0 saturated carbocycles. The zero-order chi connectivity index (χ0) is 11.5. The Bertz CT molecular complexity index is 341. The SMILES string of the molecule is COc1ccc(CC(=O)C(F)(F)F)cc1. The van der Waals surface area contributed by atoms with Gasteiger partial charge in [-0.1, -0.05) is 12.1 Å². The van der Waals surface area contributed by atoms with Crippen LogP contribution in [0.5, 0.6) is 5.75 Å². The third kappa shape index (κ3) is 3.27. The van der Waals surface area contributed by atoms with Gasteiger partial charge in [-0.25, -0.2) is 0 Å². The van der Waals surface area contributed by atoms with Crippen molar-refractivity contribution in [2.75, 3.05) is 7.11 Å². The molecule has 2 nitrogen and oxygen atoms in total. The summed E-state index contributed by atoms with van der Waals surface area (Å²) in [6.45, 7) is 0. The van der Waals surface area contributed by atoms with Crippen molar-refractivity contribution in [3.8, 4) is 5.75 Å². The number of rotatable bonds is 3. The number of halogens is 3. The van der Waals surface area contributed by atoms with Crippen LogP contribution in [0.4, 0.5) is 13.2 Å². The smallest absolute Gasteiger partial charge is 0.450 e. The van der Waals surface area contributed by atoms with E-state index in [1.807, 2.05) is 0 Å². The summed E-state index contributed by atoms with van der Waals surface area (Å²) in [4.78, 5) is 10.6. The highest BCUT2D eigenvalue weighted by Gasteiger charge is 2.37. The molecule has 1 aromatic carbocycles. The molecule has 0 unspecified atom stereocenters. The molecule has 0 fully saturated rings.